The number of para-hydroxylation sites is 1. The Bertz CT molecular complexity index is 1050. The van der Waals surface area contributed by atoms with Gasteiger partial charge in [-0.05, 0) is 44.7 Å². The summed E-state index contributed by atoms with van der Waals surface area (Å²) in [6, 6.07) is 8.85. The van der Waals surface area contributed by atoms with E-state index in [9.17, 15) is 13.2 Å². The minimum absolute atomic E-state index is 0.142. The monoisotopic (exact) mass is 444 g/mol. The maximum atomic E-state index is 13.1. The van der Waals surface area contributed by atoms with Gasteiger partial charge in [-0.1, -0.05) is 24.3 Å². The number of hydrogen-bond acceptors (Lipinski definition) is 7. The molecule has 0 radical (unpaired) electrons. The van der Waals surface area contributed by atoms with E-state index in [1.54, 1.807) is 12.1 Å². The van der Waals surface area contributed by atoms with Gasteiger partial charge in [-0.2, -0.15) is 4.98 Å². The minimum atomic E-state index is -3.28. The van der Waals surface area contributed by atoms with E-state index in [-0.39, 0.29) is 29.4 Å². The first kappa shape index (κ1) is 22.7. The molecule has 31 heavy (non-hydrogen) atoms. The van der Waals surface area contributed by atoms with Crippen molar-refractivity contribution in [3.8, 4) is 11.6 Å². The summed E-state index contributed by atoms with van der Waals surface area (Å²) in [5.41, 5.74) is 0.183. The van der Waals surface area contributed by atoms with E-state index >= 15 is 0 Å². The van der Waals surface area contributed by atoms with Crippen LogP contribution in [0.4, 0.5) is 5.95 Å². The molecule has 8 nitrogen and oxygen atoms in total. The average Bonchev–Trinajstić information content (AvgIpc) is 3.55. The van der Waals surface area contributed by atoms with Crippen LogP contribution < -0.4 is 15.0 Å². The third-order valence-corrected chi connectivity index (χ3v) is 5.65. The quantitative estimate of drug-likeness (QED) is 0.634. The zero-order valence-corrected chi connectivity index (χ0v) is 19.0. The number of aromatic nitrogens is 2. The van der Waals surface area contributed by atoms with Crippen molar-refractivity contribution < 1.29 is 17.9 Å². The molecule has 1 aliphatic carbocycles. The molecule has 1 atom stereocenters. The van der Waals surface area contributed by atoms with E-state index in [0.717, 1.165) is 24.5 Å². The Morgan fingerprint density at radius 2 is 1.94 bits per heavy atom. The molecular formula is C22H28N4O4S. The molecule has 1 aromatic carbocycles. The molecule has 1 amide bonds. The van der Waals surface area contributed by atoms with Gasteiger partial charge in [0.1, 0.15) is 11.3 Å². The van der Waals surface area contributed by atoms with Gasteiger partial charge in [0.15, 0.2) is 9.84 Å². The molecule has 1 fully saturated rings. The van der Waals surface area contributed by atoms with Gasteiger partial charge in [-0.15, -0.1) is 0 Å². The molecule has 0 spiro atoms. The standard InChI is InChI=1S/C22H28N4O4S/c1-15(2)26(3)22-23-14-18(21(25-22)30-17-8-6-5-7-9-17)20(27)24-19(16-10-11-16)12-13-31(4,28)29/h5-9,12-16,19H,10-11H2,1-4H3,(H,24,27)/b13-12+/t19-/m1/s1. The number of benzene rings is 1. The number of carbonyl (C=O) groups is 1. The number of anilines is 1. The van der Waals surface area contributed by atoms with Crippen LogP contribution in [-0.4, -0.2) is 49.7 Å². The Morgan fingerprint density at radius 1 is 1.26 bits per heavy atom. The van der Waals surface area contributed by atoms with Crippen molar-refractivity contribution in [1.29, 1.82) is 0 Å². The van der Waals surface area contributed by atoms with Gasteiger partial charge in [0, 0.05) is 31.0 Å². The van der Waals surface area contributed by atoms with Crippen LogP contribution in [0.15, 0.2) is 48.0 Å². The zero-order valence-electron chi connectivity index (χ0n) is 18.1. The van der Waals surface area contributed by atoms with Crippen LogP contribution in [0.1, 0.15) is 37.0 Å². The van der Waals surface area contributed by atoms with Crippen LogP contribution >= 0.6 is 0 Å². The fraction of sp³-hybridized carbons (Fsp3) is 0.409. The molecule has 3 rings (SSSR count). The largest absolute Gasteiger partial charge is 0.438 e. The summed E-state index contributed by atoms with van der Waals surface area (Å²) < 4.78 is 28.9. The predicted octanol–water partition coefficient (Wildman–Crippen LogP) is 3.18. The van der Waals surface area contributed by atoms with E-state index in [1.165, 1.54) is 12.3 Å². The van der Waals surface area contributed by atoms with Crippen molar-refractivity contribution in [1.82, 2.24) is 15.3 Å². The Morgan fingerprint density at radius 3 is 2.52 bits per heavy atom. The third-order valence-electron chi connectivity index (χ3n) is 4.99. The van der Waals surface area contributed by atoms with Gasteiger partial charge >= 0.3 is 0 Å². The van der Waals surface area contributed by atoms with Gasteiger partial charge in [0.2, 0.25) is 11.8 Å². The lowest BCUT2D eigenvalue weighted by Crippen LogP contribution is -2.35. The van der Waals surface area contributed by atoms with Crippen LogP contribution in [0.2, 0.25) is 0 Å². The van der Waals surface area contributed by atoms with Crippen LogP contribution in [0.3, 0.4) is 0 Å². The highest BCUT2D eigenvalue weighted by atomic mass is 32.2. The number of amides is 1. The van der Waals surface area contributed by atoms with E-state index in [2.05, 4.69) is 15.3 Å². The van der Waals surface area contributed by atoms with Crippen LogP contribution in [0, 0.1) is 5.92 Å². The third kappa shape index (κ3) is 6.52. The number of nitrogens with zero attached hydrogens (tertiary/aromatic N) is 3. The van der Waals surface area contributed by atoms with Gasteiger partial charge in [0.25, 0.3) is 5.91 Å². The molecule has 0 bridgehead atoms. The van der Waals surface area contributed by atoms with Crippen molar-refractivity contribution in [2.45, 2.75) is 38.8 Å². The second-order valence-electron chi connectivity index (χ2n) is 8.00. The van der Waals surface area contributed by atoms with E-state index in [4.69, 9.17) is 4.74 Å². The predicted molar refractivity (Wildman–Crippen MR) is 120 cm³/mol. The normalized spacial score (nSPS) is 15.1. The van der Waals surface area contributed by atoms with Crippen molar-refractivity contribution in [3.63, 3.8) is 0 Å². The zero-order chi connectivity index (χ0) is 22.6. The number of rotatable bonds is 9. The Hall–Kier alpha value is -2.94. The van der Waals surface area contributed by atoms with Crippen molar-refractivity contribution >= 4 is 21.7 Å². The molecule has 1 aromatic heterocycles. The van der Waals surface area contributed by atoms with Crippen LogP contribution in [0.25, 0.3) is 0 Å². The molecular weight excluding hydrogens is 416 g/mol. The molecule has 1 saturated carbocycles. The first-order valence-corrected chi connectivity index (χ1v) is 12.1. The number of hydrogen-bond donors (Lipinski definition) is 1. The number of ether oxygens (including phenoxy) is 1. The molecule has 1 aliphatic rings. The smallest absolute Gasteiger partial charge is 0.258 e. The number of sulfone groups is 1. The minimum Gasteiger partial charge on any atom is -0.438 e. The maximum Gasteiger partial charge on any atom is 0.258 e. The molecule has 1 heterocycles. The summed E-state index contributed by atoms with van der Waals surface area (Å²) in [6.45, 7) is 4.02. The fourth-order valence-electron chi connectivity index (χ4n) is 2.83. The summed E-state index contributed by atoms with van der Waals surface area (Å²) >= 11 is 0. The Balaban J connectivity index is 1.90. The molecule has 0 unspecified atom stereocenters. The molecule has 2 aromatic rings. The van der Waals surface area contributed by atoms with Gasteiger partial charge < -0.3 is 15.0 Å². The van der Waals surface area contributed by atoms with E-state index in [1.807, 2.05) is 44.0 Å². The average molecular weight is 445 g/mol. The summed E-state index contributed by atoms with van der Waals surface area (Å²) in [4.78, 5) is 23.8. The fourth-order valence-corrected chi connectivity index (χ4v) is 3.28. The lowest BCUT2D eigenvalue weighted by Gasteiger charge is -2.22. The first-order valence-electron chi connectivity index (χ1n) is 10.2. The number of nitrogens with one attached hydrogen (secondary N) is 1. The van der Waals surface area contributed by atoms with Crippen molar-refractivity contribution in [2.75, 3.05) is 18.2 Å². The Labute approximate surface area is 183 Å². The summed E-state index contributed by atoms with van der Waals surface area (Å²) in [5.74, 6) is 0.924. The topological polar surface area (TPSA) is 101 Å². The van der Waals surface area contributed by atoms with E-state index < -0.39 is 15.7 Å². The molecule has 166 valence electrons. The highest BCUT2D eigenvalue weighted by Crippen LogP contribution is 2.34. The van der Waals surface area contributed by atoms with E-state index in [0.29, 0.717) is 11.7 Å². The van der Waals surface area contributed by atoms with Gasteiger partial charge in [0.05, 0.1) is 6.04 Å². The molecule has 1 N–H and O–H groups in total. The summed E-state index contributed by atoms with van der Waals surface area (Å²) in [5, 5.41) is 4.04. The van der Waals surface area contributed by atoms with Gasteiger partial charge in [-0.25, -0.2) is 13.4 Å². The van der Waals surface area contributed by atoms with Gasteiger partial charge in [-0.3, -0.25) is 4.79 Å². The number of carbonyl (C=O) groups excluding carboxylic acids is 1. The van der Waals surface area contributed by atoms with Crippen molar-refractivity contribution in [2.24, 2.45) is 5.92 Å². The molecule has 0 aliphatic heterocycles. The first-order chi connectivity index (χ1) is 14.6. The lowest BCUT2D eigenvalue weighted by molar-refractivity contribution is 0.0937. The highest BCUT2D eigenvalue weighted by Gasteiger charge is 2.32. The molecule has 9 heteroatoms. The highest BCUT2D eigenvalue weighted by molar-refractivity contribution is 7.93. The second-order valence-corrected chi connectivity index (χ2v) is 9.93. The van der Waals surface area contributed by atoms with Crippen LogP contribution in [-0.2, 0) is 9.84 Å². The molecule has 0 saturated heterocycles. The lowest BCUT2D eigenvalue weighted by atomic mass is 10.1. The summed E-state index contributed by atoms with van der Waals surface area (Å²) in [6.07, 6.45) is 5.96. The second kappa shape index (κ2) is 9.47. The maximum absolute atomic E-state index is 13.1. The van der Waals surface area contributed by atoms with Crippen LogP contribution in [0.5, 0.6) is 11.6 Å². The summed E-state index contributed by atoms with van der Waals surface area (Å²) in [7, 11) is -1.42. The Kier molecular flexibility index (Phi) is 6.94. The SMILES string of the molecule is CC(C)N(C)c1ncc(C(=O)N[C@H](/C=C/S(C)(=O)=O)C2CC2)c(Oc2ccccc2)n1. The van der Waals surface area contributed by atoms with Crippen molar-refractivity contribution in [3.05, 3.63) is 53.6 Å².